The summed E-state index contributed by atoms with van der Waals surface area (Å²) < 4.78 is 75.9. The lowest BCUT2D eigenvalue weighted by atomic mass is 9.99. The first-order chi connectivity index (χ1) is 34.2. The first-order valence-electron chi connectivity index (χ1n) is 23.3. The van der Waals surface area contributed by atoms with E-state index < -0.39 is 48.8 Å². The maximum Gasteiger partial charge on any atom is 0.251 e. The van der Waals surface area contributed by atoms with Gasteiger partial charge in [-0.25, -0.2) is 16.8 Å². The van der Waals surface area contributed by atoms with Crippen LogP contribution in [0.15, 0.2) is 131 Å². The van der Waals surface area contributed by atoms with Crippen molar-refractivity contribution in [1.29, 1.82) is 0 Å². The molecule has 1 aliphatic rings. The Balaban J connectivity index is 0.802. The Morgan fingerprint density at radius 1 is 0.549 bits per heavy atom. The van der Waals surface area contributed by atoms with Crippen molar-refractivity contribution >= 4 is 48.9 Å². The molecule has 2 N–H and O–H groups in total. The highest BCUT2D eigenvalue weighted by Gasteiger charge is 2.33. The topological polar surface area (TPSA) is 201 Å². The fraction of sp³-hybridized carbons (Fsp3) is 0.333. The van der Waals surface area contributed by atoms with Crippen molar-refractivity contribution < 1.29 is 55.0 Å². The van der Waals surface area contributed by atoms with Crippen molar-refractivity contribution in [2.75, 3.05) is 82.4 Å². The number of benzene rings is 5. The van der Waals surface area contributed by atoms with Gasteiger partial charge in [-0.3, -0.25) is 19.2 Å². The third-order valence-corrected chi connectivity index (χ3v) is 15.0. The van der Waals surface area contributed by atoms with Crippen molar-refractivity contribution in [3.63, 3.8) is 0 Å². The highest BCUT2D eigenvalue weighted by molar-refractivity contribution is 7.92. The van der Waals surface area contributed by atoms with Crippen LogP contribution in [-0.4, -0.2) is 118 Å². The van der Waals surface area contributed by atoms with Crippen LogP contribution in [0.3, 0.4) is 0 Å². The smallest absolute Gasteiger partial charge is 0.251 e. The van der Waals surface area contributed by atoms with E-state index in [1.54, 1.807) is 29.2 Å². The zero-order chi connectivity index (χ0) is 50.6. The Kier molecular flexibility index (Phi) is 20.2. The van der Waals surface area contributed by atoms with Gasteiger partial charge in [-0.1, -0.05) is 89.7 Å². The molecule has 5 aromatic rings. The van der Waals surface area contributed by atoms with E-state index >= 15 is 0 Å². The summed E-state index contributed by atoms with van der Waals surface area (Å²) in [6, 6.07) is 33.2. The lowest BCUT2D eigenvalue weighted by molar-refractivity contribution is -0.122. The van der Waals surface area contributed by atoms with Gasteiger partial charge in [0.25, 0.3) is 5.91 Å². The first kappa shape index (κ1) is 53.8. The molecule has 5 aromatic carbocycles. The predicted molar refractivity (Wildman–Crippen MR) is 269 cm³/mol. The molecular weight excluding hydrogens is 947 g/mol. The van der Waals surface area contributed by atoms with Crippen molar-refractivity contribution in [3.05, 3.63) is 160 Å². The number of ketones is 1. The van der Waals surface area contributed by atoms with Crippen LogP contribution in [0.25, 0.3) is 0 Å². The van der Waals surface area contributed by atoms with Crippen LogP contribution in [0.4, 0.5) is 5.69 Å². The molecular formula is C54H59N3O12S2. The van der Waals surface area contributed by atoms with Crippen molar-refractivity contribution in [2.45, 2.75) is 43.0 Å². The molecule has 0 aliphatic carbocycles. The van der Waals surface area contributed by atoms with E-state index in [4.69, 9.17) is 18.9 Å². The number of hydrogen-bond donors (Lipinski definition) is 2. The number of nitrogens with one attached hydrogen (secondary N) is 2. The minimum absolute atomic E-state index is 0.0158. The third-order valence-electron chi connectivity index (χ3n) is 11.4. The maximum atomic E-state index is 13.8. The number of hydrogen-bond acceptors (Lipinski definition) is 12. The van der Waals surface area contributed by atoms with E-state index in [0.717, 1.165) is 33.5 Å². The zero-order valence-electron chi connectivity index (χ0n) is 39.9. The SMILES string of the molecule is Cc1ccc(S(=O)(=O)CC(CS(=O)(=O)c2ccc(C)cc2)C(=O)c2ccc(C(=O)NCCOCCOCCOCCOCCC(=O)NCCC(=O)N3Cc4ccccc4C#Cc4ccccc43)cc2)cc1. The number of fused-ring (bicyclic) bond motifs is 2. The van der Waals surface area contributed by atoms with Gasteiger partial charge in [-0.2, -0.15) is 0 Å². The second-order valence-electron chi connectivity index (χ2n) is 16.8. The van der Waals surface area contributed by atoms with Gasteiger partial charge < -0.3 is 34.5 Å². The fourth-order valence-electron chi connectivity index (χ4n) is 7.44. The average Bonchev–Trinajstić information content (AvgIpc) is 3.35. The number of rotatable bonds is 27. The summed E-state index contributed by atoms with van der Waals surface area (Å²) in [5.41, 5.74) is 5.36. The highest BCUT2D eigenvalue weighted by atomic mass is 32.2. The number of sulfone groups is 2. The highest BCUT2D eigenvalue weighted by Crippen LogP contribution is 2.27. The van der Waals surface area contributed by atoms with E-state index in [0.29, 0.717) is 39.6 Å². The third kappa shape index (κ3) is 16.5. The van der Waals surface area contributed by atoms with Crippen LogP contribution in [0.5, 0.6) is 0 Å². The fourth-order valence-corrected chi connectivity index (χ4v) is 10.7. The second kappa shape index (κ2) is 26.6. The molecule has 6 rings (SSSR count). The molecule has 0 fully saturated rings. The molecule has 374 valence electrons. The van der Waals surface area contributed by atoms with E-state index in [1.165, 1.54) is 48.5 Å². The molecule has 0 saturated heterocycles. The average molecular weight is 1010 g/mol. The van der Waals surface area contributed by atoms with Gasteiger partial charge in [-0.15, -0.1) is 0 Å². The first-order valence-corrected chi connectivity index (χ1v) is 26.6. The van der Waals surface area contributed by atoms with Gasteiger partial charge in [0.1, 0.15) is 0 Å². The summed E-state index contributed by atoms with van der Waals surface area (Å²) in [5.74, 6) is 2.10. The number of carbonyl (C=O) groups excluding carboxylic acids is 4. The molecule has 0 bridgehead atoms. The van der Waals surface area contributed by atoms with Gasteiger partial charge >= 0.3 is 0 Å². The van der Waals surface area contributed by atoms with Crippen LogP contribution < -0.4 is 15.5 Å². The molecule has 1 heterocycles. The Morgan fingerprint density at radius 2 is 1.04 bits per heavy atom. The van der Waals surface area contributed by atoms with Gasteiger partial charge in [-0.05, 0) is 74.0 Å². The Bertz CT molecular complexity index is 2820. The Labute approximate surface area is 416 Å². The zero-order valence-corrected chi connectivity index (χ0v) is 41.5. The predicted octanol–water partition coefficient (Wildman–Crippen LogP) is 5.69. The Morgan fingerprint density at radius 3 is 1.63 bits per heavy atom. The molecule has 3 amide bonds. The van der Waals surface area contributed by atoms with Gasteiger partial charge in [0, 0.05) is 48.2 Å². The summed E-state index contributed by atoms with van der Waals surface area (Å²) in [5, 5.41) is 5.54. The number of ether oxygens (including phenoxy) is 4. The number of aryl methyl sites for hydroxylation is 2. The summed E-state index contributed by atoms with van der Waals surface area (Å²) in [7, 11) is -8.11. The number of Topliss-reactive ketones (excluding diaryl/α,β-unsaturated/α-hetero) is 1. The molecule has 17 heteroatoms. The molecule has 0 atom stereocenters. The minimum Gasteiger partial charge on any atom is -0.379 e. The second-order valence-corrected chi connectivity index (χ2v) is 20.9. The van der Waals surface area contributed by atoms with Gasteiger partial charge in [0.2, 0.25) is 11.8 Å². The lowest BCUT2D eigenvalue weighted by Crippen LogP contribution is -2.35. The van der Waals surface area contributed by atoms with Crippen molar-refractivity contribution in [3.8, 4) is 11.8 Å². The molecule has 15 nitrogen and oxygen atoms in total. The number of para-hydroxylation sites is 1. The van der Waals surface area contributed by atoms with Gasteiger partial charge in [0.15, 0.2) is 25.5 Å². The van der Waals surface area contributed by atoms with E-state index in [2.05, 4.69) is 22.5 Å². The van der Waals surface area contributed by atoms with Crippen LogP contribution in [0, 0.1) is 31.6 Å². The van der Waals surface area contributed by atoms with Crippen LogP contribution in [-0.2, 0) is 54.8 Å². The number of carbonyl (C=O) groups is 4. The number of nitrogens with zero attached hydrogens (tertiary/aromatic N) is 1. The molecule has 0 spiro atoms. The molecule has 71 heavy (non-hydrogen) atoms. The lowest BCUT2D eigenvalue weighted by Gasteiger charge is -2.26. The van der Waals surface area contributed by atoms with Crippen LogP contribution in [0.2, 0.25) is 0 Å². The minimum atomic E-state index is -4.05. The maximum absolute atomic E-state index is 13.8. The van der Waals surface area contributed by atoms with Crippen molar-refractivity contribution in [2.24, 2.45) is 5.92 Å². The monoisotopic (exact) mass is 1010 g/mol. The van der Waals surface area contributed by atoms with E-state index in [9.17, 15) is 36.0 Å². The molecule has 0 aromatic heterocycles. The molecule has 0 radical (unpaired) electrons. The summed E-state index contributed by atoms with van der Waals surface area (Å²) >= 11 is 0. The Hall–Kier alpha value is -6.52. The molecule has 1 aliphatic heterocycles. The molecule has 0 unspecified atom stereocenters. The van der Waals surface area contributed by atoms with Gasteiger partial charge in [0.05, 0.1) is 92.3 Å². The largest absolute Gasteiger partial charge is 0.379 e. The van der Waals surface area contributed by atoms with Crippen molar-refractivity contribution in [1.82, 2.24) is 10.6 Å². The number of anilines is 1. The molecule has 0 saturated carbocycles. The quantitative estimate of drug-likeness (QED) is 0.0371. The van der Waals surface area contributed by atoms with E-state index in [-0.39, 0.29) is 78.5 Å². The van der Waals surface area contributed by atoms with Crippen LogP contribution >= 0.6 is 0 Å². The van der Waals surface area contributed by atoms with E-state index in [1.807, 2.05) is 62.4 Å². The summed E-state index contributed by atoms with van der Waals surface area (Å²) in [4.78, 5) is 54.1. The number of amides is 3. The standard InChI is InChI=1S/C54H59N3O12S2/c1-40-11-21-48(22-12-40)70(62,63)38-47(39-71(64,65)49-23-13-41(2)14-24-49)53(60)44-17-19-45(20-18-44)54(61)56-28-30-67-32-34-69-36-35-68-33-31-66-29-26-51(58)55-27-25-52(59)57-37-46-9-4-3-7-42(46)15-16-43-8-5-6-10-50(43)57/h3-14,17-24,47H,25-39H2,1-2H3,(H,55,58)(H,56,61). The summed E-state index contributed by atoms with van der Waals surface area (Å²) in [6.07, 6.45) is 0.280. The summed E-state index contributed by atoms with van der Waals surface area (Å²) in [6.45, 7) is 6.67. The van der Waals surface area contributed by atoms with Crippen LogP contribution in [0.1, 0.15) is 61.4 Å². The normalized spacial score (nSPS) is 12.2.